The third-order valence-corrected chi connectivity index (χ3v) is 11.7. The molecule has 9 nitrogen and oxygen atoms in total. The van der Waals surface area contributed by atoms with E-state index in [9.17, 15) is 8.78 Å². The van der Waals surface area contributed by atoms with Gasteiger partial charge in [-0.25, -0.2) is 13.8 Å². The maximum Gasteiger partial charge on any atom is 0.208 e. The van der Waals surface area contributed by atoms with Gasteiger partial charge in [0.05, 0.1) is 22.8 Å². The van der Waals surface area contributed by atoms with Crippen LogP contribution in [-0.4, -0.2) is 79.8 Å². The first-order valence-corrected chi connectivity index (χ1v) is 19.0. The van der Waals surface area contributed by atoms with Gasteiger partial charge in [0.2, 0.25) is 5.96 Å². The van der Waals surface area contributed by atoms with Crippen LogP contribution >= 0.6 is 0 Å². The summed E-state index contributed by atoms with van der Waals surface area (Å²) < 4.78 is 27.4. The van der Waals surface area contributed by atoms with Crippen LogP contribution in [0.2, 0.25) is 0 Å². The number of nitrogens with one attached hydrogen (secondary N) is 3. The molecule has 0 aliphatic carbocycles. The molecule has 0 amide bonds. The third kappa shape index (κ3) is 6.65. The zero-order valence-electron chi connectivity index (χ0n) is 31.3. The Morgan fingerprint density at radius 1 is 0.963 bits per heavy atom. The average Bonchev–Trinajstić information content (AvgIpc) is 3.41. The Labute approximate surface area is 317 Å². The largest absolute Gasteiger partial charge is 0.391 e. The molecule has 2 aromatic carbocycles. The van der Waals surface area contributed by atoms with Crippen molar-refractivity contribution in [1.29, 1.82) is 5.41 Å². The van der Waals surface area contributed by atoms with E-state index in [4.69, 9.17) is 15.4 Å². The quantitative estimate of drug-likeness (QED) is 0.215. The minimum absolute atomic E-state index is 0.237. The van der Waals surface area contributed by atoms with Crippen molar-refractivity contribution in [2.45, 2.75) is 39.0 Å². The van der Waals surface area contributed by atoms with Crippen LogP contribution in [0.5, 0.6) is 0 Å². The number of hydrogen-bond donors (Lipinski definition) is 3. The van der Waals surface area contributed by atoms with Crippen LogP contribution in [-0.2, 0) is 0 Å². The van der Waals surface area contributed by atoms with Crippen LogP contribution in [0, 0.1) is 35.3 Å². The minimum atomic E-state index is -0.546. The number of aryl methyl sites for hydroxylation is 1. The summed E-state index contributed by atoms with van der Waals surface area (Å²) in [7, 11) is 1.92. The first kappa shape index (κ1) is 35.6. The molecule has 54 heavy (non-hydrogen) atoms. The van der Waals surface area contributed by atoms with E-state index in [2.05, 4.69) is 63.3 Å². The van der Waals surface area contributed by atoms with Crippen LogP contribution in [0.4, 0.5) is 25.8 Å². The lowest BCUT2D eigenvalue weighted by Gasteiger charge is -2.63. The fourth-order valence-electron chi connectivity index (χ4n) is 8.64. The van der Waals surface area contributed by atoms with Crippen molar-refractivity contribution in [2.75, 3.05) is 68.0 Å². The fourth-order valence-corrected chi connectivity index (χ4v) is 8.64. The summed E-state index contributed by atoms with van der Waals surface area (Å²) in [6.07, 6.45) is 6.47. The molecule has 2 bridgehead atoms. The number of aromatic nitrogens is 1. The number of hydrogen-bond acceptors (Lipinski definition) is 9. The van der Waals surface area contributed by atoms with Crippen LogP contribution in [0.3, 0.4) is 0 Å². The highest BCUT2D eigenvalue weighted by atomic mass is 19.1. The lowest BCUT2D eigenvalue weighted by Crippen LogP contribution is -2.71. The Morgan fingerprint density at radius 3 is 2.41 bits per heavy atom. The van der Waals surface area contributed by atoms with Gasteiger partial charge in [-0.05, 0) is 68.1 Å². The number of benzene rings is 2. The molecule has 8 rings (SSSR count). The van der Waals surface area contributed by atoms with Gasteiger partial charge in [0.15, 0.2) is 0 Å². The second kappa shape index (κ2) is 14.1. The maximum atomic E-state index is 13.7. The number of fused-ring (bicyclic) bond motifs is 5. The molecule has 3 saturated heterocycles. The number of likely N-dealkylation sites (tertiary alicyclic amines) is 2. The van der Waals surface area contributed by atoms with Gasteiger partial charge in [-0.1, -0.05) is 38.6 Å². The zero-order chi connectivity index (χ0) is 37.7. The van der Waals surface area contributed by atoms with Crippen LogP contribution in [0.1, 0.15) is 54.6 Å². The van der Waals surface area contributed by atoms with E-state index in [1.54, 1.807) is 0 Å². The smallest absolute Gasteiger partial charge is 0.208 e. The van der Waals surface area contributed by atoms with Crippen LogP contribution in [0.25, 0.3) is 17.0 Å². The molecule has 11 heteroatoms. The van der Waals surface area contributed by atoms with E-state index >= 15 is 0 Å². The molecule has 5 aliphatic rings. The molecule has 0 radical (unpaired) electrons. The molecule has 0 atom stereocenters. The summed E-state index contributed by atoms with van der Waals surface area (Å²) in [6, 6.07) is 14.2. The number of halogens is 2. The van der Waals surface area contributed by atoms with E-state index in [1.165, 1.54) is 18.3 Å². The van der Waals surface area contributed by atoms with Crippen molar-refractivity contribution in [1.82, 2.24) is 20.1 Å². The predicted molar refractivity (Wildman–Crippen MR) is 217 cm³/mol. The maximum absolute atomic E-state index is 13.7. The molecule has 280 valence electrons. The second-order valence-corrected chi connectivity index (χ2v) is 15.6. The molecule has 6 heterocycles. The number of rotatable bonds is 7. The number of guanidine groups is 1. The number of anilines is 3. The fraction of sp³-hybridized carbons (Fsp3) is 0.372. The average molecular weight is 730 g/mol. The monoisotopic (exact) mass is 729 g/mol. The molecular formula is C43H49F2N9. The van der Waals surface area contributed by atoms with E-state index in [1.807, 2.05) is 31.0 Å². The summed E-state index contributed by atoms with van der Waals surface area (Å²) in [5.41, 5.74) is 11.1. The predicted octanol–water partition coefficient (Wildman–Crippen LogP) is 7.71. The van der Waals surface area contributed by atoms with Gasteiger partial charge < -0.3 is 35.6 Å². The Kier molecular flexibility index (Phi) is 9.27. The molecule has 0 saturated carbocycles. The Bertz CT molecular complexity index is 2080. The Morgan fingerprint density at radius 2 is 1.69 bits per heavy atom. The first-order valence-electron chi connectivity index (χ1n) is 19.0. The van der Waals surface area contributed by atoms with Crippen LogP contribution < -0.4 is 20.4 Å². The lowest BCUT2D eigenvalue weighted by atomic mass is 9.71. The van der Waals surface area contributed by atoms with Gasteiger partial charge in [-0.2, -0.15) is 0 Å². The Hall–Kier alpha value is -5.45. The number of nitrogens with zero attached hydrogens (tertiary/aromatic N) is 6. The molecule has 5 aliphatic heterocycles. The van der Waals surface area contributed by atoms with Crippen molar-refractivity contribution < 1.29 is 8.78 Å². The second-order valence-electron chi connectivity index (χ2n) is 15.6. The molecule has 0 unspecified atom stereocenters. The van der Waals surface area contributed by atoms with E-state index in [0.717, 1.165) is 146 Å². The van der Waals surface area contributed by atoms with Gasteiger partial charge in [0.25, 0.3) is 0 Å². The summed E-state index contributed by atoms with van der Waals surface area (Å²) in [5, 5.41) is 15.1. The van der Waals surface area contributed by atoms with Gasteiger partial charge in [0.1, 0.15) is 11.6 Å². The Balaban J connectivity index is 0.925. The van der Waals surface area contributed by atoms with Gasteiger partial charge in [-0.15, -0.1) is 0 Å². The van der Waals surface area contributed by atoms with E-state index in [-0.39, 0.29) is 5.41 Å². The zero-order valence-corrected chi connectivity index (χ0v) is 31.3. The molecule has 3 N–H and O–H groups in total. The molecule has 3 aromatic rings. The van der Waals surface area contributed by atoms with Gasteiger partial charge >= 0.3 is 0 Å². The normalized spacial score (nSPS) is 22.0. The SMILES string of the molecule is C=C1/N=C2\Nc3ccc(C(=C)N4CC5(C4)CN(C(=C)C4CN(c6cc(F)cc(F)c6)C4)C5)cc3N2CCCCCC/C(NC)=C(/C=N)c2cc1cc(C)n2. The summed E-state index contributed by atoms with van der Waals surface area (Å²) in [5.74, 6) is -0.0349. The van der Waals surface area contributed by atoms with E-state index < -0.39 is 11.6 Å². The molecule has 1 aromatic heterocycles. The van der Waals surface area contributed by atoms with Crippen molar-refractivity contribution in [3.8, 4) is 0 Å². The van der Waals surface area contributed by atoms with Crippen molar-refractivity contribution in [3.05, 3.63) is 114 Å². The standard InChI is InChI=1S/C43H49F2N9/c1-27-14-32-15-40(48-27)37(20-46)38(47-5)10-8-6-7-9-13-54-41-16-31(11-12-39(41)50-42(54)49-28(32)2)29(3)52-23-43(24-52)25-53(26-43)30(4)33-21-51(22-33)36-18-34(44)17-35(45)19-36/h11-12,14-20,33,46-47H,2-4,6-10,13,21-26H2,1,5H3,(H,49,50)/b38-37+,46-20?. The summed E-state index contributed by atoms with van der Waals surface area (Å²) in [6.45, 7) is 21.4. The number of aliphatic imine (C=N–C) groups is 1. The highest BCUT2D eigenvalue weighted by Gasteiger charge is 2.53. The highest BCUT2D eigenvalue weighted by Crippen LogP contribution is 2.47. The van der Waals surface area contributed by atoms with Crippen molar-refractivity contribution in [2.24, 2.45) is 16.3 Å². The molecule has 3 fully saturated rings. The minimum Gasteiger partial charge on any atom is -0.391 e. The third-order valence-electron chi connectivity index (χ3n) is 11.7. The molecular weight excluding hydrogens is 681 g/mol. The number of pyridine rings is 1. The molecule has 1 spiro atoms. The van der Waals surface area contributed by atoms with E-state index in [0.29, 0.717) is 17.3 Å². The van der Waals surface area contributed by atoms with Crippen molar-refractivity contribution in [3.63, 3.8) is 0 Å². The lowest BCUT2D eigenvalue weighted by molar-refractivity contribution is -0.0786. The topological polar surface area (TPSA) is 86.1 Å². The highest BCUT2D eigenvalue weighted by molar-refractivity contribution is 6.16. The van der Waals surface area contributed by atoms with Crippen LogP contribution in [0.15, 0.2) is 84.7 Å². The van der Waals surface area contributed by atoms with Gasteiger partial charge in [0, 0.05) is 116 Å². The summed E-state index contributed by atoms with van der Waals surface area (Å²) in [4.78, 5) is 18.9. The first-order chi connectivity index (χ1) is 26.0. The van der Waals surface area contributed by atoms with Gasteiger partial charge in [-0.3, -0.25) is 4.98 Å². The van der Waals surface area contributed by atoms with Crippen molar-refractivity contribution >= 4 is 46.2 Å². The number of allylic oxidation sites excluding steroid dienone is 2. The summed E-state index contributed by atoms with van der Waals surface area (Å²) >= 11 is 0.